The first-order valence-corrected chi connectivity index (χ1v) is 4.85. The average molecular weight is 205 g/mol. The van der Waals surface area contributed by atoms with E-state index in [4.69, 9.17) is 0 Å². The first kappa shape index (κ1) is 11.4. The SMILES string of the molecule is CC(=O)NCC(=O)c1cc(C)ccc1C. The summed E-state index contributed by atoms with van der Waals surface area (Å²) in [6, 6.07) is 5.72. The van der Waals surface area contributed by atoms with Crippen LogP contribution in [0.3, 0.4) is 0 Å². The van der Waals surface area contributed by atoms with Crippen LogP contribution in [0.4, 0.5) is 0 Å². The van der Waals surface area contributed by atoms with Crippen molar-refractivity contribution in [2.24, 2.45) is 0 Å². The molecule has 0 aromatic heterocycles. The van der Waals surface area contributed by atoms with Gasteiger partial charge in [0.2, 0.25) is 5.91 Å². The lowest BCUT2D eigenvalue weighted by molar-refractivity contribution is -0.118. The third-order valence-corrected chi connectivity index (χ3v) is 2.19. The smallest absolute Gasteiger partial charge is 0.217 e. The molecule has 80 valence electrons. The van der Waals surface area contributed by atoms with Gasteiger partial charge in [0.05, 0.1) is 6.54 Å². The Bertz CT molecular complexity index is 397. The molecule has 1 rings (SSSR count). The molecule has 0 aliphatic heterocycles. The zero-order valence-electron chi connectivity index (χ0n) is 9.26. The predicted molar refractivity (Wildman–Crippen MR) is 58.9 cm³/mol. The van der Waals surface area contributed by atoms with E-state index in [0.717, 1.165) is 11.1 Å². The Morgan fingerprint density at radius 2 is 1.93 bits per heavy atom. The average Bonchev–Trinajstić information content (AvgIpc) is 2.18. The summed E-state index contributed by atoms with van der Waals surface area (Å²) < 4.78 is 0. The van der Waals surface area contributed by atoms with E-state index >= 15 is 0 Å². The Kier molecular flexibility index (Phi) is 3.61. The fourth-order valence-corrected chi connectivity index (χ4v) is 1.34. The van der Waals surface area contributed by atoms with Crippen molar-refractivity contribution in [1.82, 2.24) is 5.32 Å². The van der Waals surface area contributed by atoms with Crippen molar-refractivity contribution in [3.8, 4) is 0 Å². The van der Waals surface area contributed by atoms with Gasteiger partial charge in [0.15, 0.2) is 5.78 Å². The maximum Gasteiger partial charge on any atom is 0.217 e. The molecule has 15 heavy (non-hydrogen) atoms. The van der Waals surface area contributed by atoms with Crippen molar-refractivity contribution in [3.63, 3.8) is 0 Å². The predicted octanol–water partition coefficient (Wildman–Crippen LogP) is 1.62. The van der Waals surface area contributed by atoms with Gasteiger partial charge in [-0.25, -0.2) is 0 Å². The molecule has 0 unspecified atom stereocenters. The molecule has 1 aromatic rings. The molecule has 0 radical (unpaired) electrons. The number of hydrogen-bond donors (Lipinski definition) is 1. The van der Waals surface area contributed by atoms with Gasteiger partial charge in [-0.15, -0.1) is 0 Å². The fraction of sp³-hybridized carbons (Fsp3) is 0.333. The van der Waals surface area contributed by atoms with Crippen LogP contribution in [0.25, 0.3) is 0 Å². The zero-order valence-corrected chi connectivity index (χ0v) is 9.26. The number of ketones is 1. The number of rotatable bonds is 3. The van der Waals surface area contributed by atoms with Crippen LogP contribution in [-0.4, -0.2) is 18.2 Å². The van der Waals surface area contributed by atoms with E-state index < -0.39 is 0 Å². The first-order chi connectivity index (χ1) is 7.00. The topological polar surface area (TPSA) is 46.2 Å². The number of carbonyl (C=O) groups is 2. The molecular formula is C12H15NO2. The van der Waals surface area contributed by atoms with Crippen LogP contribution in [0.15, 0.2) is 18.2 Å². The van der Waals surface area contributed by atoms with Crippen molar-refractivity contribution in [2.45, 2.75) is 20.8 Å². The normalized spacial score (nSPS) is 9.80. The minimum atomic E-state index is -0.186. The third kappa shape index (κ3) is 3.20. The summed E-state index contributed by atoms with van der Waals surface area (Å²) in [5, 5.41) is 2.50. The lowest BCUT2D eigenvalue weighted by Gasteiger charge is -2.06. The second kappa shape index (κ2) is 4.73. The molecule has 0 fully saturated rings. The van der Waals surface area contributed by atoms with E-state index in [1.54, 1.807) is 0 Å². The molecule has 0 aliphatic carbocycles. The van der Waals surface area contributed by atoms with Gasteiger partial charge in [0, 0.05) is 12.5 Å². The number of benzene rings is 1. The van der Waals surface area contributed by atoms with Gasteiger partial charge in [-0.05, 0) is 25.5 Å². The number of amides is 1. The summed E-state index contributed by atoms with van der Waals surface area (Å²) in [5.41, 5.74) is 2.67. The highest BCUT2D eigenvalue weighted by Gasteiger charge is 2.09. The van der Waals surface area contributed by atoms with E-state index in [1.165, 1.54) is 6.92 Å². The molecule has 1 N–H and O–H groups in total. The summed E-state index contributed by atoms with van der Waals surface area (Å²) in [7, 11) is 0. The quantitative estimate of drug-likeness (QED) is 0.762. The third-order valence-electron chi connectivity index (χ3n) is 2.19. The minimum Gasteiger partial charge on any atom is -0.349 e. The number of carbonyl (C=O) groups excluding carboxylic acids is 2. The summed E-state index contributed by atoms with van der Waals surface area (Å²) in [5.74, 6) is -0.236. The summed E-state index contributed by atoms with van der Waals surface area (Å²) in [6.07, 6.45) is 0. The van der Waals surface area contributed by atoms with Crippen molar-refractivity contribution in [3.05, 3.63) is 34.9 Å². The molecule has 1 amide bonds. The molecule has 0 saturated carbocycles. The van der Waals surface area contributed by atoms with Gasteiger partial charge >= 0.3 is 0 Å². The maximum absolute atomic E-state index is 11.7. The van der Waals surface area contributed by atoms with E-state index in [0.29, 0.717) is 5.56 Å². The molecule has 0 saturated heterocycles. The Balaban J connectivity index is 2.81. The second-order valence-electron chi connectivity index (χ2n) is 3.65. The van der Waals surface area contributed by atoms with Crippen LogP contribution in [0, 0.1) is 13.8 Å². The molecule has 0 heterocycles. The molecule has 0 aliphatic rings. The first-order valence-electron chi connectivity index (χ1n) is 4.85. The van der Waals surface area contributed by atoms with Gasteiger partial charge in [0.25, 0.3) is 0 Å². The highest BCUT2D eigenvalue weighted by molar-refractivity contribution is 6.00. The highest BCUT2D eigenvalue weighted by Crippen LogP contribution is 2.10. The molecule has 0 bridgehead atoms. The summed E-state index contributed by atoms with van der Waals surface area (Å²) in [4.78, 5) is 22.4. The zero-order chi connectivity index (χ0) is 11.4. The fourth-order valence-electron chi connectivity index (χ4n) is 1.34. The van der Waals surface area contributed by atoms with Crippen molar-refractivity contribution < 1.29 is 9.59 Å². The molecular weight excluding hydrogens is 190 g/mol. The van der Waals surface area contributed by atoms with Crippen molar-refractivity contribution in [1.29, 1.82) is 0 Å². The van der Waals surface area contributed by atoms with E-state index in [2.05, 4.69) is 5.32 Å². The van der Waals surface area contributed by atoms with Gasteiger partial charge in [-0.3, -0.25) is 9.59 Å². The molecule has 3 nitrogen and oxygen atoms in total. The van der Waals surface area contributed by atoms with Crippen LogP contribution in [0.2, 0.25) is 0 Å². The van der Waals surface area contributed by atoms with Crippen LogP contribution >= 0.6 is 0 Å². The standard InChI is InChI=1S/C12H15NO2/c1-8-4-5-9(2)11(6-8)12(15)7-13-10(3)14/h4-6H,7H2,1-3H3,(H,13,14). The van der Waals surface area contributed by atoms with Crippen LogP contribution in [-0.2, 0) is 4.79 Å². The Labute approximate surface area is 89.5 Å². The van der Waals surface area contributed by atoms with Crippen LogP contribution in [0.5, 0.6) is 0 Å². The van der Waals surface area contributed by atoms with E-state index in [-0.39, 0.29) is 18.2 Å². The van der Waals surface area contributed by atoms with E-state index in [9.17, 15) is 9.59 Å². The monoisotopic (exact) mass is 205 g/mol. The van der Waals surface area contributed by atoms with E-state index in [1.807, 2.05) is 32.0 Å². The number of hydrogen-bond acceptors (Lipinski definition) is 2. The van der Waals surface area contributed by atoms with Gasteiger partial charge in [-0.1, -0.05) is 17.7 Å². The Hall–Kier alpha value is -1.64. The lowest BCUT2D eigenvalue weighted by atomic mass is 10.0. The molecule has 1 aromatic carbocycles. The number of aryl methyl sites for hydroxylation is 2. The molecule has 0 spiro atoms. The Morgan fingerprint density at radius 3 is 2.53 bits per heavy atom. The largest absolute Gasteiger partial charge is 0.349 e. The maximum atomic E-state index is 11.7. The van der Waals surface area contributed by atoms with Crippen molar-refractivity contribution >= 4 is 11.7 Å². The van der Waals surface area contributed by atoms with Crippen molar-refractivity contribution in [2.75, 3.05) is 6.54 Å². The Morgan fingerprint density at radius 1 is 1.27 bits per heavy atom. The summed E-state index contributed by atoms with van der Waals surface area (Å²) >= 11 is 0. The van der Waals surface area contributed by atoms with Gasteiger partial charge in [-0.2, -0.15) is 0 Å². The number of Topliss-reactive ketones (excluding diaryl/α,β-unsaturated/α-hetero) is 1. The lowest BCUT2D eigenvalue weighted by Crippen LogP contribution is -2.27. The summed E-state index contributed by atoms with van der Waals surface area (Å²) in [6.45, 7) is 5.30. The van der Waals surface area contributed by atoms with Crippen LogP contribution < -0.4 is 5.32 Å². The highest BCUT2D eigenvalue weighted by atomic mass is 16.2. The van der Waals surface area contributed by atoms with Gasteiger partial charge < -0.3 is 5.32 Å². The van der Waals surface area contributed by atoms with Gasteiger partial charge in [0.1, 0.15) is 0 Å². The molecule has 0 atom stereocenters. The molecule has 3 heteroatoms. The minimum absolute atomic E-state index is 0.0496. The van der Waals surface area contributed by atoms with Crippen LogP contribution in [0.1, 0.15) is 28.4 Å². The second-order valence-corrected chi connectivity index (χ2v) is 3.65. The number of nitrogens with one attached hydrogen (secondary N) is 1.